The van der Waals surface area contributed by atoms with Crippen molar-refractivity contribution in [1.29, 1.82) is 0 Å². The van der Waals surface area contributed by atoms with E-state index in [-0.39, 0.29) is 5.91 Å². The Bertz CT molecular complexity index is 685. The van der Waals surface area contributed by atoms with E-state index >= 15 is 0 Å². The summed E-state index contributed by atoms with van der Waals surface area (Å²) in [5, 5.41) is 2.98. The van der Waals surface area contributed by atoms with Crippen LogP contribution in [0.15, 0.2) is 42.5 Å². The summed E-state index contributed by atoms with van der Waals surface area (Å²) >= 11 is 0. The third kappa shape index (κ3) is 3.73. The van der Waals surface area contributed by atoms with Crippen molar-refractivity contribution in [3.8, 4) is 0 Å². The number of piperidine rings is 1. The van der Waals surface area contributed by atoms with Crippen LogP contribution in [0, 0.1) is 13.8 Å². The molecule has 2 aromatic carbocycles. The molecule has 2 aromatic rings. The van der Waals surface area contributed by atoms with E-state index in [9.17, 15) is 4.79 Å². The van der Waals surface area contributed by atoms with E-state index in [2.05, 4.69) is 29.3 Å². The van der Waals surface area contributed by atoms with Gasteiger partial charge in [-0.2, -0.15) is 0 Å². The molecule has 3 heteroatoms. The van der Waals surface area contributed by atoms with E-state index < -0.39 is 0 Å². The van der Waals surface area contributed by atoms with Crippen LogP contribution < -0.4 is 10.2 Å². The zero-order chi connectivity index (χ0) is 16.2. The molecule has 0 spiro atoms. The SMILES string of the molecule is Cc1ccc(C(=O)Nc2ccc(N3CCCCC3)cc2)cc1C. The number of rotatable bonds is 3. The lowest BCUT2D eigenvalue weighted by molar-refractivity contribution is 0.102. The molecule has 0 saturated carbocycles. The van der Waals surface area contributed by atoms with Crippen LogP contribution in [0.1, 0.15) is 40.7 Å². The number of anilines is 2. The van der Waals surface area contributed by atoms with Gasteiger partial charge in [0, 0.05) is 30.0 Å². The maximum Gasteiger partial charge on any atom is 0.255 e. The number of nitrogens with zero attached hydrogens (tertiary/aromatic N) is 1. The van der Waals surface area contributed by atoms with E-state index in [1.54, 1.807) is 0 Å². The van der Waals surface area contributed by atoms with Crippen molar-refractivity contribution in [2.24, 2.45) is 0 Å². The molecule has 1 amide bonds. The quantitative estimate of drug-likeness (QED) is 0.902. The fraction of sp³-hybridized carbons (Fsp3) is 0.350. The first kappa shape index (κ1) is 15.6. The van der Waals surface area contributed by atoms with Gasteiger partial charge in [0.05, 0.1) is 0 Å². The first-order chi connectivity index (χ1) is 11.1. The topological polar surface area (TPSA) is 32.3 Å². The molecular weight excluding hydrogens is 284 g/mol. The highest BCUT2D eigenvalue weighted by atomic mass is 16.1. The number of carbonyl (C=O) groups is 1. The molecule has 0 aliphatic carbocycles. The lowest BCUT2D eigenvalue weighted by Crippen LogP contribution is -2.29. The third-order valence-electron chi connectivity index (χ3n) is 4.62. The van der Waals surface area contributed by atoms with Crippen molar-refractivity contribution in [1.82, 2.24) is 0 Å². The average molecular weight is 308 g/mol. The minimum absolute atomic E-state index is 0.0566. The first-order valence-electron chi connectivity index (χ1n) is 8.37. The number of amides is 1. The van der Waals surface area contributed by atoms with Gasteiger partial charge in [0.15, 0.2) is 0 Å². The molecule has 1 heterocycles. The normalized spacial score (nSPS) is 14.6. The van der Waals surface area contributed by atoms with Crippen molar-refractivity contribution in [2.45, 2.75) is 33.1 Å². The average Bonchev–Trinajstić information content (AvgIpc) is 2.59. The number of benzene rings is 2. The Balaban J connectivity index is 1.67. The number of hydrogen-bond acceptors (Lipinski definition) is 2. The number of aryl methyl sites for hydroxylation is 2. The van der Waals surface area contributed by atoms with Gasteiger partial charge in [-0.25, -0.2) is 0 Å². The lowest BCUT2D eigenvalue weighted by Gasteiger charge is -2.28. The molecule has 0 aromatic heterocycles. The zero-order valence-electron chi connectivity index (χ0n) is 13.9. The van der Waals surface area contributed by atoms with Crippen LogP contribution in [0.4, 0.5) is 11.4 Å². The number of carbonyl (C=O) groups excluding carboxylic acids is 1. The van der Waals surface area contributed by atoms with Gasteiger partial charge in [0.1, 0.15) is 0 Å². The van der Waals surface area contributed by atoms with Crippen LogP contribution in [0.2, 0.25) is 0 Å². The second-order valence-corrected chi connectivity index (χ2v) is 6.35. The lowest BCUT2D eigenvalue weighted by atomic mass is 10.1. The highest BCUT2D eigenvalue weighted by Gasteiger charge is 2.11. The predicted molar refractivity (Wildman–Crippen MR) is 96.4 cm³/mol. The molecule has 0 unspecified atom stereocenters. The van der Waals surface area contributed by atoms with Gasteiger partial charge in [-0.1, -0.05) is 6.07 Å². The molecule has 0 radical (unpaired) electrons. The molecular formula is C20H24N2O. The summed E-state index contributed by atoms with van der Waals surface area (Å²) in [6.07, 6.45) is 3.87. The molecule has 3 nitrogen and oxygen atoms in total. The zero-order valence-corrected chi connectivity index (χ0v) is 13.9. The molecule has 3 rings (SSSR count). The van der Waals surface area contributed by atoms with Crippen LogP contribution in [0.3, 0.4) is 0 Å². The summed E-state index contributed by atoms with van der Waals surface area (Å²) in [4.78, 5) is 14.8. The van der Waals surface area contributed by atoms with Crippen molar-refractivity contribution in [3.05, 3.63) is 59.2 Å². The first-order valence-corrected chi connectivity index (χ1v) is 8.37. The molecule has 1 N–H and O–H groups in total. The van der Waals surface area contributed by atoms with Crippen LogP contribution in [-0.2, 0) is 0 Å². The van der Waals surface area contributed by atoms with E-state index in [1.807, 2.05) is 37.3 Å². The van der Waals surface area contributed by atoms with Crippen molar-refractivity contribution in [2.75, 3.05) is 23.3 Å². The molecule has 120 valence electrons. The smallest absolute Gasteiger partial charge is 0.255 e. The fourth-order valence-electron chi connectivity index (χ4n) is 2.99. The summed E-state index contributed by atoms with van der Waals surface area (Å²) in [5.41, 5.74) is 5.13. The van der Waals surface area contributed by atoms with E-state index in [0.717, 1.165) is 24.3 Å². The van der Waals surface area contributed by atoms with Gasteiger partial charge in [-0.3, -0.25) is 4.79 Å². The molecule has 1 aliphatic heterocycles. The summed E-state index contributed by atoms with van der Waals surface area (Å²) in [6, 6.07) is 14.0. The maximum atomic E-state index is 12.3. The van der Waals surface area contributed by atoms with E-state index in [4.69, 9.17) is 0 Å². The second kappa shape index (κ2) is 6.86. The van der Waals surface area contributed by atoms with Crippen LogP contribution in [-0.4, -0.2) is 19.0 Å². The van der Waals surface area contributed by atoms with Gasteiger partial charge < -0.3 is 10.2 Å². The summed E-state index contributed by atoms with van der Waals surface area (Å²) < 4.78 is 0. The molecule has 1 aliphatic rings. The van der Waals surface area contributed by atoms with Gasteiger partial charge >= 0.3 is 0 Å². The minimum Gasteiger partial charge on any atom is -0.372 e. The largest absolute Gasteiger partial charge is 0.372 e. The van der Waals surface area contributed by atoms with Gasteiger partial charge in [0.25, 0.3) is 5.91 Å². The van der Waals surface area contributed by atoms with Crippen molar-refractivity contribution < 1.29 is 4.79 Å². The molecule has 0 bridgehead atoms. The molecule has 1 fully saturated rings. The standard InChI is InChI=1S/C20H24N2O/c1-15-6-7-17(14-16(15)2)20(23)21-18-8-10-19(11-9-18)22-12-4-3-5-13-22/h6-11,14H,3-5,12-13H2,1-2H3,(H,21,23). The molecule has 0 atom stereocenters. The van der Waals surface area contributed by atoms with Crippen LogP contribution in [0.25, 0.3) is 0 Å². The minimum atomic E-state index is -0.0566. The fourth-order valence-corrected chi connectivity index (χ4v) is 2.99. The Labute approximate surface area is 138 Å². The highest BCUT2D eigenvalue weighted by molar-refractivity contribution is 6.04. The summed E-state index contributed by atoms with van der Waals surface area (Å²) in [6.45, 7) is 6.35. The van der Waals surface area contributed by atoms with E-state index in [1.165, 1.54) is 30.5 Å². The van der Waals surface area contributed by atoms with Gasteiger partial charge in [0.2, 0.25) is 0 Å². The van der Waals surface area contributed by atoms with Crippen LogP contribution >= 0.6 is 0 Å². The number of hydrogen-bond donors (Lipinski definition) is 1. The van der Waals surface area contributed by atoms with Crippen LogP contribution in [0.5, 0.6) is 0 Å². The predicted octanol–water partition coefficient (Wildman–Crippen LogP) is 4.55. The van der Waals surface area contributed by atoms with Crippen molar-refractivity contribution >= 4 is 17.3 Å². The highest BCUT2D eigenvalue weighted by Crippen LogP contribution is 2.22. The Morgan fingerprint density at radius 3 is 2.26 bits per heavy atom. The van der Waals surface area contributed by atoms with Crippen molar-refractivity contribution in [3.63, 3.8) is 0 Å². The summed E-state index contributed by atoms with van der Waals surface area (Å²) in [7, 11) is 0. The Morgan fingerprint density at radius 2 is 1.61 bits per heavy atom. The Morgan fingerprint density at radius 1 is 0.913 bits per heavy atom. The van der Waals surface area contributed by atoms with Gasteiger partial charge in [-0.15, -0.1) is 0 Å². The Hall–Kier alpha value is -2.29. The Kier molecular flexibility index (Phi) is 4.65. The monoisotopic (exact) mass is 308 g/mol. The van der Waals surface area contributed by atoms with E-state index in [0.29, 0.717) is 5.56 Å². The number of nitrogens with one attached hydrogen (secondary N) is 1. The maximum absolute atomic E-state index is 12.3. The van der Waals surface area contributed by atoms with Gasteiger partial charge in [-0.05, 0) is 80.6 Å². The molecule has 1 saturated heterocycles. The second-order valence-electron chi connectivity index (χ2n) is 6.35. The third-order valence-corrected chi connectivity index (χ3v) is 4.62. The summed E-state index contributed by atoms with van der Waals surface area (Å²) in [5.74, 6) is -0.0566. The molecule has 23 heavy (non-hydrogen) atoms.